The third kappa shape index (κ3) is 3.54. The number of nitriles is 1. The molecule has 0 saturated heterocycles. The first-order valence-corrected chi connectivity index (χ1v) is 7.83. The van der Waals surface area contributed by atoms with Crippen LogP contribution in [0.5, 0.6) is 5.75 Å². The molecule has 0 aliphatic rings. The molecule has 108 valence electrons. The van der Waals surface area contributed by atoms with Gasteiger partial charge in [0, 0.05) is 0 Å². The van der Waals surface area contributed by atoms with E-state index in [4.69, 9.17) is 21.0 Å². The highest BCUT2D eigenvalue weighted by atomic mass is 35.5. The van der Waals surface area contributed by atoms with Crippen LogP contribution in [0.1, 0.15) is 16.7 Å². The van der Waals surface area contributed by atoms with Crippen LogP contribution in [0.2, 0.25) is 5.02 Å². The molecule has 0 unspecified atom stereocenters. The van der Waals surface area contributed by atoms with Crippen LogP contribution in [0.4, 0.5) is 0 Å². The lowest BCUT2D eigenvalue weighted by atomic mass is 10.1. The molecular formula is C15H12ClNO3S. The maximum atomic E-state index is 12.2. The van der Waals surface area contributed by atoms with Gasteiger partial charge in [0.2, 0.25) is 0 Å². The van der Waals surface area contributed by atoms with Gasteiger partial charge in [0.05, 0.1) is 10.6 Å². The average molecular weight is 322 g/mol. The summed E-state index contributed by atoms with van der Waals surface area (Å²) in [5.74, 6) is 0.244. The van der Waals surface area contributed by atoms with Crippen molar-refractivity contribution in [1.29, 1.82) is 5.26 Å². The standard InChI is InChI=1S/C15H12ClNO3S/c1-10-5-11(2)7-13(6-10)20-21(18,19)14-4-3-12(9-17)15(16)8-14/h3-8H,1-2H3. The van der Waals surface area contributed by atoms with Crippen LogP contribution in [0.15, 0.2) is 41.3 Å². The molecule has 0 fully saturated rings. The lowest BCUT2D eigenvalue weighted by molar-refractivity contribution is 0.485. The van der Waals surface area contributed by atoms with Gasteiger partial charge < -0.3 is 4.18 Å². The summed E-state index contributed by atoms with van der Waals surface area (Å²) in [5.41, 5.74) is 2.01. The molecule has 0 spiro atoms. The maximum Gasteiger partial charge on any atom is 0.339 e. The highest BCUT2D eigenvalue weighted by Crippen LogP contribution is 2.24. The van der Waals surface area contributed by atoms with E-state index in [1.807, 2.05) is 26.0 Å². The molecule has 0 atom stereocenters. The Labute approximate surface area is 128 Å². The zero-order valence-corrected chi connectivity index (χ0v) is 13.0. The summed E-state index contributed by atoms with van der Waals surface area (Å²) in [4.78, 5) is -0.0920. The van der Waals surface area contributed by atoms with Gasteiger partial charge in [-0.25, -0.2) is 0 Å². The Bertz CT molecular complexity index is 818. The van der Waals surface area contributed by atoms with Crippen molar-refractivity contribution in [2.24, 2.45) is 0 Å². The quantitative estimate of drug-likeness (QED) is 0.810. The van der Waals surface area contributed by atoms with Crippen molar-refractivity contribution < 1.29 is 12.6 Å². The third-order valence-electron chi connectivity index (χ3n) is 2.75. The van der Waals surface area contributed by atoms with Crippen molar-refractivity contribution in [2.75, 3.05) is 0 Å². The molecule has 0 saturated carbocycles. The van der Waals surface area contributed by atoms with E-state index in [9.17, 15) is 8.42 Å². The summed E-state index contributed by atoms with van der Waals surface area (Å²) in [6, 6.07) is 10.9. The van der Waals surface area contributed by atoms with Gasteiger partial charge in [-0.15, -0.1) is 0 Å². The zero-order valence-electron chi connectivity index (χ0n) is 11.4. The van der Waals surface area contributed by atoms with Crippen LogP contribution >= 0.6 is 11.6 Å². The number of aryl methyl sites for hydroxylation is 2. The van der Waals surface area contributed by atoms with Gasteiger partial charge in [-0.3, -0.25) is 0 Å². The van der Waals surface area contributed by atoms with Crippen LogP contribution < -0.4 is 4.18 Å². The van der Waals surface area contributed by atoms with Gasteiger partial charge >= 0.3 is 10.1 Å². The van der Waals surface area contributed by atoms with E-state index in [0.717, 1.165) is 11.1 Å². The number of benzene rings is 2. The minimum absolute atomic E-state index is 0.0718. The molecule has 0 N–H and O–H groups in total. The van der Waals surface area contributed by atoms with Gasteiger partial charge in [0.25, 0.3) is 0 Å². The molecule has 21 heavy (non-hydrogen) atoms. The van der Waals surface area contributed by atoms with Crippen molar-refractivity contribution in [3.05, 3.63) is 58.1 Å². The first-order chi connectivity index (χ1) is 9.81. The molecule has 0 aliphatic carbocycles. The summed E-state index contributed by atoms with van der Waals surface area (Å²) in [6.45, 7) is 3.70. The Hall–Kier alpha value is -2.03. The molecule has 0 aliphatic heterocycles. The normalized spacial score (nSPS) is 11.0. The van der Waals surface area contributed by atoms with Crippen LogP contribution in [0.3, 0.4) is 0 Å². The molecule has 2 aromatic rings. The number of halogens is 1. The van der Waals surface area contributed by atoms with E-state index in [-0.39, 0.29) is 21.2 Å². The monoisotopic (exact) mass is 321 g/mol. The molecule has 2 rings (SSSR count). The van der Waals surface area contributed by atoms with E-state index in [1.54, 1.807) is 12.1 Å². The first kappa shape index (κ1) is 15.4. The smallest absolute Gasteiger partial charge is 0.339 e. The van der Waals surface area contributed by atoms with E-state index >= 15 is 0 Å². The van der Waals surface area contributed by atoms with Gasteiger partial charge in [-0.05, 0) is 55.3 Å². The summed E-state index contributed by atoms with van der Waals surface area (Å²) >= 11 is 5.85. The van der Waals surface area contributed by atoms with Crippen molar-refractivity contribution in [3.63, 3.8) is 0 Å². The van der Waals surface area contributed by atoms with Gasteiger partial charge in [-0.1, -0.05) is 17.7 Å². The first-order valence-electron chi connectivity index (χ1n) is 6.04. The van der Waals surface area contributed by atoms with Crippen LogP contribution in [0, 0.1) is 25.2 Å². The lowest BCUT2D eigenvalue weighted by Crippen LogP contribution is -2.10. The fourth-order valence-electron chi connectivity index (χ4n) is 1.90. The molecule has 0 radical (unpaired) electrons. The molecule has 0 bridgehead atoms. The Morgan fingerprint density at radius 1 is 1.10 bits per heavy atom. The van der Waals surface area contributed by atoms with Gasteiger partial charge in [-0.2, -0.15) is 13.7 Å². The second-order valence-electron chi connectivity index (χ2n) is 4.61. The van der Waals surface area contributed by atoms with Crippen molar-refractivity contribution in [3.8, 4) is 11.8 Å². The van der Waals surface area contributed by atoms with Crippen molar-refractivity contribution >= 4 is 21.7 Å². The van der Waals surface area contributed by atoms with E-state index < -0.39 is 10.1 Å². The Morgan fingerprint density at radius 2 is 1.71 bits per heavy atom. The van der Waals surface area contributed by atoms with Crippen LogP contribution in [0.25, 0.3) is 0 Å². The zero-order chi connectivity index (χ0) is 15.6. The predicted molar refractivity (Wildman–Crippen MR) is 79.9 cm³/mol. The number of rotatable bonds is 3. The van der Waals surface area contributed by atoms with Crippen LogP contribution in [-0.4, -0.2) is 8.42 Å². The number of hydrogen-bond acceptors (Lipinski definition) is 4. The number of nitrogens with zero attached hydrogens (tertiary/aromatic N) is 1. The topological polar surface area (TPSA) is 67.2 Å². The Balaban J connectivity index is 2.39. The van der Waals surface area contributed by atoms with Crippen molar-refractivity contribution in [1.82, 2.24) is 0 Å². The maximum absolute atomic E-state index is 12.2. The second kappa shape index (κ2) is 5.76. The molecular weight excluding hydrogens is 310 g/mol. The summed E-state index contributed by atoms with van der Waals surface area (Å²) in [5, 5.41) is 8.87. The van der Waals surface area contributed by atoms with E-state index in [2.05, 4.69) is 0 Å². The predicted octanol–water partition coefficient (Wildman–Crippen LogP) is 3.60. The Kier molecular flexibility index (Phi) is 4.21. The summed E-state index contributed by atoms with van der Waals surface area (Å²) in [7, 11) is -3.99. The average Bonchev–Trinajstić information content (AvgIpc) is 2.36. The molecule has 0 heterocycles. The minimum Gasteiger partial charge on any atom is -0.379 e. The molecule has 6 heteroatoms. The fourth-order valence-corrected chi connectivity index (χ4v) is 3.13. The summed E-state index contributed by atoms with van der Waals surface area (Å²) < 4.78 is 29.5. The highest BCUT2D eigenvalue weighted by Gasteiger charge is 2.18. The molecule has 0 amide bonds. The van der Waals surface area contributed by atoms with E-state index in [1.165, 1.54) is 18.2 Å². The SMILES string of the molecule is Cc1cc(C)cc(OS(=O)(=O)c2ccc(C#N)c(Cl)c2)c1. The van der Waals surface area contributed by atoms with Gasteiger partial charge in [0.1, 0.15) is 16.7 Å². The largest absolute Gasteiger partial charge is 0.379 e. The van der Waals surface area contributed by atoms with Crippen molar-refractivity contribution in [2.45, 2.75) is 18.7 Å². The fraction of sp³-hybridized carbons (Fsp3) is 0.133. The lowest BCUT2D eigenvalue weighted by Gasteiger charge is -2.09. The van der Waals surface area contributed by atoms with Crippen LogP contribution in [-0.2, 0) is 10.1 Å². The highest BCUT2D eigenvalue weighted by molar-refractivity contribution is 7.87. The van der Waals surface area contributed by atoms with Gasteiger partial charge in [0.15, 0.2) is 0 Å². The minimum atomic E-state index is -3.99. The third-order valence-corrected chi connectivity index (χ3v) is 4.31. The summed E-state index contributed by atoms with van der Waals surface area (Å²) in [6.07, 6.45) is 0. The molecule has 0 aromatic heterocycles. The van der Waals surface area contributed by atoms with E-state index in [0.29, 0.717) is 0 Å². The molecule has 2 aromatic carbocycles. The second-order valence-corrected chi connectivity index (χ2v) is 6.57. The number of hydrogen-bond donors (Lipinski definition) is 0. The molecule has 4 nitrogen and oxygen atoms in total. The Morgan fingerprint density at radius 3 is 2.24 bits per heavy atom.